The number of aliphatic hydroxyl groups excluding tert-OH is 2. The summed E-state index contributed by atoms with van der Waals surface area (Å²) in [5, 5.41) is 31.2. The van der Waals surface area contributed by atoms with Crippen LogP contribution in [0, 0.1) is 0 Å². The Balaban J connectivity index is 1.22. The summed E-state index contributed by atoms with van der Waals surface area (Å²) in [5.74, 6) is 1.93. The smallest absolute Gasteiger partial charge is 0.224 e. The molecule has 3 heterocycles. The first-order valence-electron chi connectivity index (χ1n) is 15.3. The molecular weight excluding hydrogens is 618 g/mol. The van der Waals surface area contributed by atoms with Crippen LogP contribution in [0.3, 0.4) is 0 Å². The van der Waals surface area contributed by atoms with Crippen LogP contribution in [0.2, 0.25) is 5.28 Å². The number of fused-ring (bicyclic) bond motifs is 1. The molecule has 47 heavy (non-hydrogen) atoms. The second kappa shape index (κ2) is 13.0. The van der Waals surface area contributed by atoms with Crippen LogP contribution in [-0.2, 0) is 0 Å². The van der Waals surface area contributed by atoms with Crippen LogP contribution in [0.15, 0.2) is 97.3 Å². The zero-order chi connectivity index (χ0) is 32.5. The van der Waals surface area contributed by atoms with Gasteiger partial charge in [-0.2, -0.15) is 10.1 Å². The number of aromatic nitrogens is 6. The molecular formula is C35H34ClN7O4. The van der Waals surface area contributed by atoms with Crippen molar-refractivity contribution in [2.45, 2.75) is 36.6 Å². The molecule has 0 amide bonds. The number of imidazole rings is 1. The summed E-state index contributed by atoms with van der Waals surface area (Å²) in [5.41, 5.74) is 4.86. The Morgan fingerprint density at radius 3 is 2.13 bits per heavy atom. The summed E-state index contributed by atoms with van der Waals surface area (Å²) in [4.78, 5) is 13.5. The van der Waals surface area contributed by atoms with E-state index in [4.69, 9.17) is 31.2 Å². The van der Waals surface area contributed by atoms with E-state index in [2.05, 4.69) is 15.3 Å². The fourth-order valence-corrected chi connectivity index (χ4v) is 6.52. The monoisotopic (exact) mass is 651 g/mol. The molecule has 3 aromatic carbocycles. The van der Waals surface area contributed by atoms with Crippen molar-refractivity contribution >= 4 is 28.7 Å². The first kappa shape index (κ1) is 30.7. The molecule has 3 N–H and O–H groups in total. The number of aliphatic hydroxyl groups is 2. The summed E-state index contributed by atoms with van der Waals surface area (Å²) in [6.07, 6.45) is 1.56. The number of anilines is 1. The van der Waals surface area contributed by atoms with Gasteiger partial charge < -0.3 is 25.0 Å². The summed E-state index contributed by atoms with van der Waals surface area (Å²) >= 11 is 6.26. The summed E-state index contributed by atoms with van der Waals surface area (Å²) < 4.78 is 14.3. The van der Waals surface area contributed by atoms with E-state index in [-0.39, 0.29) is 11.2 Å². The van der Waals surface area contributed by atoms with Gasteiger partial charge >= 0.3 is 0 Å². The van der Waals surface area contributed by atoms with Crippen molar-refractivity contribution < 1.29 is 19.7 Å². The summed E-state index contributed by atoms with van der Waals surface area (Å²) in [7, 11) is 3.29. The van der Waals surface area contributed by atoms with Gasteiger partial charge in [0.05, 0.1) is 38.2 Å². The number of benzene rings is 3. The molecule has 3 aromatic heterocycles. The van der Waals surface area contributed by atoms with Crippen LogP contribution in [0.1, 0.15) is 35.5 Å². The van der Waals surface area contributed by atoms with Crippen LogP contribution in [0.25, 0.3) is 22.4 Å². The average molecular weight is 652 g/mol. The van der Waals surface area contributed by atoms with Crippen molar-refractivity contribution in [3.05, 3.63) is 114 Å². The van der Waals surface area contributed by atoms with Gasteiger partial charge in [0, 0.05) is 24.2 Å². The highest BCUT2D eigenvalue weighted by atomic mass is 35.5. The van der Waals surface area contributed by atoms with E-state index >= 15 is 0 Å². The molecule has 6 aromatic rings. The largest absolute Gasteiger partial charge is 0.497 e. The number of ether oxygens (including phenoxy) is 2. The second-order valence-electron chi connectivity index (χ2n) is 11.5. The molecule has 11 nitrogen and oxygen atoms in total. The molecule has 1 saturated carbocycles. The van der Waals surface area contributed by atoms with Crippen LogP contribution in [-0.4, -0.2) is 72.5 Å². The Morgan fingerprint density at radius 1 is 0.851 bits per heavy atom. The molecule has 1 aliphatic rings. The third-order valence-electron chi connectivity index (χ3n) is 8.87. The quantitative estimate of drug-likeness (QED) is 0.164. The molecule has 0 aliphatic heterocycles. The van der Waals surface area contributed by atoms with Crippen LogP contribution in [0.5, 0.6) is 11.5 Å². The maximum absolute atomic E-state index is 11.5. The van der Waals surface area contributed by atoms with E-state index < -0.39 is 24.3 Å². The predicted molar refractivity (Wildman–Crippen MR) is 179 cm³/mol. The minimum atomic E-state index is -1.13. The van der Waals surface area contributed by atoms with Gasteiger partial charge in [-0.1, -0.05) is 54.6 Å². The Labute approximate surface area is 276 Å². The van der Waals surface area contributed by atoms with Gasteiger partial charge in [0.1, 0.15) is 29.2 Å². The molecule has 4 atom stereocenters. The number of hydrogen-bond donors (Lipinski definition) is 3. The average Bonchev–Trinajstić information content (AvgIpc) is 3.81. The lowest BCUT2D eigenvalue weighted by molar-refractivity contribution is 0.00751. The van der Waals surface area contributed by atoms with Gasteiger partial charge in [-0.25, -0.2) is 9.97 Å². The zero-order valence-electron chi connectivity index (χ0n) is 25.8. The highest BCUT2D eigenvalue weighted by Gasteiger charge is 2.45. The number of hydrogen-bond acceptors (Lipinski definition) is 9. The molecule has 0 unspecified atom stereocenters. The maximum atomic E-state index is 11.5. The van der Waals surface area contributed by atoms with E-state index in [9.17, 15) is 10.2 Å². The third kappa shape index (κ3) is 6.00. The minimum Gasteiger partial charge on any atom is -0.497 e. The van der Waals surface area contributed by atoms with Gasteiger partial charge in [-0.3, -0.25) is 9.25 Å². The van der Waals surface area contributed by atoms with Gasteiger partial charge in [0.25, 0.3) is 0 Å². The fourth-order valence-electron chi connectivity index (χ4n) is 6.39. The van der Waals surface area contributed by atoms with Crippen molar-refractivity contribution in [3.63, 3.8) is 0 Å². The van der Waals surface area contributed by atoms with E-state index in [0.29, 0.717) is 30.1 Å². The lowest BCUT2D eigenvalue weighted by atomic mass is 9.91. The lowest BCUT2D eigenvalue weighted by Crippen LogP contribution is -2.31. The summed E-state index contributed by atoms with van der Waals surface area (Å²) in [6, 6.07) is 26.6. The van der Waals surface area contributed by atoms with Crippen LogP contribution < -0.4 is 14.8 Å². The number of nitrogens with zero attached hydrogens (tertiary/aromatic N) is 6. The number of rotatable bonds is 10. The molecule has 0 saturated heterocycles. The highest BCUT2D eigenvalue weighted by Crippen LogP contribution is 2.42. The number of nitrogens with one attached hydrogen (secondary N) is 1. The topological polar surface area (TPSA) is 132 Å². The van der Waals surface area contributed by atoms with Crippen LogP contribution >= 0.6 is 11.6 Å². The van der Waals surface area contributed by atoms with Crippen molar-refractivity contribution in [3.8, 4) is 22.8 Å². The Kier molecular flexibility index (Phi) is 8.50. The lowest BCUT2D eigenvalue weighted by Gasteiger charge is -2.23. The molecule has 240 valence electrons. The van der Waals surface area contributed by atoms with E-state index in [1.165, 1.54) is 0 Å². The SMILES string of the molecule is COc1ccc(C(CNc2nc3cnc(Cl)nc3n2[C@@H]2C[C@H](n3ccc(-c4ccccc4)n3)[C@@H](O)[C@H]2O)c2ccc(OC)cc2)cc1. The van der Waals surface area contributed by atoms with Gasteiger partial charge in [0.15, 0.2) is 5.65 Å². The van der Waals surface area contributed by atoms with Gasteiger partial charge in [-0.05, 0) is 59.5 Å². The number of methoxy groups -OCH3 is 2. The third-order valence-corrected chi connectivity index (χ3v) is 9.06. The first-order valence-corrected chi connectivity index (χ1v) is 15.7. The Bertz CT molecular complexity index is 1920. The first-order chi connectivity index (χ1) is 22.9. The standard InChI is InChI=1S/C35H34ClN7O4/c1-46-24-12-8-21(9-13-24)26(22-10-14-25(47-2)15-11-22)19-38-35-39-28-20-37-34(36)40-33(28)43(35)30-18-29(31(44)32(30)45)42-17-16-27(41-42)23-6-4-3-5-7-23/h3-17,20,26,29-32,44-45H,18-19H2,1-2H3,(H,38,39)/t29-,30+,31+,32-/m0/s1. The normalized spacial score (nSPS) is 19.4. The van der Waals surface area contributed by atoms with E-state index in [1.807, 2.05) is 95.7 Å². The molecule has 1 fully saturated rings. The molecule has 0 spiro atoms. The molecule has 1 aliphatic carbocycles. The van der Waals surface area contributed by atoms with Gasteiger partial charge in [0.2, 0.25) is 11.2 Å². The zero-order valence-corrected chi connectivity index (χ0v) is 26.6. The maximum Gasteiger partial charge on any atom is 0.224 e. The van der Waals surface area contributed by atoms with E-state index in [0.717, 1.165) is 33.9 Å². The van der Waals surface area contributed by atoms with Crippen molar-refractivity contribution in [1.82, 2.24) is 29.3 Å². The van der Waals surface area contributed by atoms with Gasteiger partial charge in [-0.15, -0.1) is 0 Å². The molecule has 12 heteroatoms. The van der Waals surface area contributed by atoms with Crippen molar-refractivity contribution in [2.75, 3.05) is 26.1 Å². The van der Waals surface area contributed by atoms with Crippen molar-refractivity contribution in [2.24, 2.45) is 0 Å². The fraction of sp³-hybridized carbons (Fsp3) is 0.257. The highest BCUT2D eigenvalue weighted by molar-refractivity contribution is 6.28. The molecule has 7 rings (SSSR count). The Hall–Kier alpha value is -4.97. The molecule has 0 bridgehead atoms. The van der Waals surface area contributed by atoms with E-state index in [1.54, 1.807) is 25.1 Å². The minimum absolute atomic E-state index is 0.0590. The predicted octanol–water partition coefficient (Wildman–Crippen LogP) is 5.51. The number of halogens is 1. The second-order valence-corrected chi connectivity index (χ2v) is 11.9. The molecule has 0 radical (unpaired) electrons. The Morgan fingerprint density at radius 2 is 1.49 bits per heavy atom. The van der Waals surface area contributed by atoms with Crippen LogP contribution in [0.4, 0.5) is 5.95 Å². The van der Waals surface area contributed by atoms with Crippen molar-refractivity contribution in [1.29, 1.82) is 0 Å². The summed E-state index contributed by atoms with van der Waals surface area (Å²) in [6.45, 7) is 0.456.